The molecule has 172 valence electrons. The number of ketones is 4. The zero-order chi connectivity index (χ0) is 24.9. The molecule has 0 saturated carbocycles. The zero-order valence-electron chi connectivity index (χ0n) is 19.2. The summed E-state index contributed by atoms with van der Waals surface area (Å²) in [7, 11) is 0. The van der Waals surface area contributed by atoms with Crippen molar-refractivity contribution in [2.45, 2.75) is 34.6 Å². The van der Waals surface area contributed by atoms with Gasteiger partial charge in [-0.15, -0.1) is 0 Å². The number of hydrogen-bond donors (Lipinski definition) is 1. The monoisotopic (exact) mass is 450 g/mol. The van der Waals surface area contributed by atoms with Gasteiger partial charge in [0.1, 0.15) is 11.6 Å². The largest absolute Gasteiger partial charge is 0.359 e. The average Bonchev–Trinajstić information content (AvgIpc) is 2.73. The molecule has 8 heteroatoms. The van der Waals surface area contributed by atoms with Crippen molar-refractivity contribution in [3.05, 3.63) is 81.0 Å². The van der Waals surface area contributed by atoms with Gasteiger partial charge >= 0.3 is 0 Å². The Labute approximate surface area is 191 Å². The molecule has 2 aromatic rings. The minimum absolute atomic E-state index is 0.00864. The third kappa shape index (κ3) is 6.06. The number of non-ortho nitro benzene ring substituents is 1. The van der Waals surface area contributed by atoms with Crippen LogP contribution in [0.25, 0.3) is 0 Å². The van der Waals surface area contributed by atoms with E-state index >= 15 is 0 Å². The maximum atomic E-state index is 13.5. The van der Waals surface area contributed by atoms with Crippen LogP contribution in [0.3, 0.4) is 0 Å². The molecule has 0 aliphatic heterocycles. The van der Waals surface area contributed by atoms with E-state index in [1.807, 2.05) is 19.1 Å². The number of Topliss-reactive ketones (excluding diaryl/α,β-unsaturated/α-hetero) is 4. The molecule has 0 aliphatic rings. The first-order chi connectivity index (χ1) is 15.4. The number of anilines is 1. The van der Waals surface area contributed by atoms with Crippen LogP contribution in [-0.2, 0) is 14.4 Å². The predicted molar refractivity (Wildman–Crippen MR) is 124 cm³/mol. The molecule has 2 rings (SSSR count). The number of carbonyl (C=O) groups excluding carboxylic acids is 4. The molecular weight excluding hydrogens is 424 g/mol. The Kier molecular flexibility index (Phi) is 8.12. The number of rotatable bonds is 10. The van der Waals surface area contributed by atoms with Gasteiger partial charge < -0.3 is 5.32 Å². The number of carbonyl (C=O) groups is 4. The molecule has 1 atom stereocenters. The standard InChI is InChI=1S/C25H26N2O6/c1-14-6-10-20(11-7-14)26-15(2)22(16(3)28)24(23(17(4)29)18(5)30)25(31)19-8-12-21(13-9-19)27(32)33/h6-13,23-24,26H,1-5H3. The Balaban J connectivity index is 2.66. The molecule has 1 N–H and O–H groups in total. The summed E-state index contributed by atoms with van der Waals surface area (Å²) >= 11 is 0. The normalized spacial score (nSPS) is 12.5. The zero-order valence-corrected chi connectivity index (χ0v) is 19.2. The summed E-state index contributed by atoms with van der Waals surface area (Å²) in [5, 5.41) is 14.0. The summed E-state index contributed by atoms with van der Waals surface area (Å²) in [5.41, 5.74) is 1.89. The Morgan fingerprint density at radius 3 is 1.76 bits per heavy atom. The smallest absolute Gasteiger partial charge is 0.269 e. The van der Waals surface area contributed by atoms with Crippen molar-refractivity contribution < 1.29 is 24.1 Å². The van der Waals surface area contributed by atoms with Crippen molar-refractivity contribution in [1.29, 1.82) is 0 Å². The van der Waals surface area contributed by atoms with Gasteiger partial charge in [-0.25, -0.2) is 0 Å². The van der Waals surface area contributed by atoms with E-state index in [0.29, 0.717) is 11.4 Å². The highest BCUT2D eigenvalue weighted by Gasteiger charge is 2.40. The predicted octanol–water partition coefficient (Wildman–Crippen LogP) is 4.47. The molecule has 0 aromatic heterocycles. The van der Waals surface area contributed by atoms with Gasteiger partial charge in [-0.1, -0.05) is 17.7 Å². The van der Waals surface area contributed by atoms with Crippen LogP contribution >= 0.6 is 0 Å². The van der Waals surface area contributed by atoms with E-state index in [1.165, 1.54) is 32.9 Å². The number of aryl methyl sites for hydroxylation is 1. The highest BCUT2D eigenvalue weighted by molar-refractivity contribution is 6.14. The number of benzene rings is 2. The van der Waals surface area contributed by atoms with Crippen LogP contribution in [0.4, 0.5) is 11.4 Å². The van der Waals surface area contributed by atoms with Gasteiger partial charge in [0.15, 0.2) is 11.6 Å². The van der Waals surface area contributed by atoms with Gasteiger partial charge in [-0.2, -0.15) is 0 Å². The molecule has 0 bridgehead atoms. The van der Waals surface area contributed by atoms with Crippen molar-refractivity contribution in [1.82, 2.24) is 0 Å². The van der Waals surface area contributed by atoms with Gasteiger partial charge in [-0.05, 0) is 58.9 Å². The molecular formula is C25H26N2O6. The van der Waals surface area contributed by atoms with Crippen LogP contribution < -0.4 is 5.32 Å². The molecule has 0 radical (unpaired) electrons. The lowest BCUT2D eigenvalue weighted by atomic mass is 9.74. The molecule has 8 nitrogen and oxygen atoms in total. The maximum absolute atomic E-state index is 13.5. The van der Waals surface area contributed by atoms with Crippen molar-refractivity contribution in [2.75, 3.05) is 5.32 Å². The second kappa shape index (κ2) is 10.6. The lowest BCUT2D eigenvalue weighted by Crippen LogP contribution is -2.37. The summed E-state index contributed by atoms with van der Waals surface area (Å²) in [6, 6.07) is 12.2. The summed E-state index contributed by atoms with van der Waals surface area (Å²) in [6.07, 6.45) is 0. The first-order valence-electron chi connectivity index (χ1n) is 10.3. The Morgan fingerprint density at radius 1 is 0.818 bits per heavy atom. The fourth-order valence-electron chi connectivity index (χ4n) is 3.77. The van der Waals surface area contributed by atoms with Gasteiger partial charge in [-0.3, -0.25) is 29.3 Å². The number of nitro benzene ring substituents is 1. The van der Waals surface area contributed by atoms with E-state index in [-0.39, 0.29) is 16.8 Å². The number of nitro groups is 1. The molecule has 1 unspecified atom stereocenters. The summed E-state index contributed by atoms with van der Waals surface area (Å²) in [5.74, 6) is -4.97. The first-order valence-corrected chi connectivity index (χ1v) is 10.3. The topological polar surface area (TPSA) is 123 Å². The van der Waals surface area contributed by atoms with Crippen LogP contribution in [0.2, 0.25) is 0 Å². The number of nitrogens with zero attached hydrogens (tertiary/aromatic N) is 1. The lowest BCUT2D eigenvalue weighted by Gasteiger charge is -2.26. The molecule has 0 amide bonds. The number of hydrogen-bond acceptors (Lipinski definition) is 7. The SMILES string of the molecule is CC(=O)C(=C(C)Nc1ccc(C)cc1)C(C(=O)c1ccc([N+](=O)[O-])cc1)C(C(C)=O)C(C)=O. The van der Waals surface area contributed by atoms with Gasteiger partial charge in [0, 0.05) is 34.7 Å². The minimum Gasteiger partial charge on any atom is -0.359 e. The third-order valence-corrected chi connectivity index (χ3v) is 5.33. The van der Waals surface area contributed by atoms with E-state index < -0.39 is 39.9 Å². The number of allylic oxidation sites excluding steroid dienone is 2. The Morgan fingerprint density at radius 2 is 1.33 bits per heavy atom. The van der Waals surface area contributed by atoms with Crippen LogP contribution in [-0.4, -0.2) is 28.1 Å². The van der Waals surface area contributed by atoms with E-state index in [0.717, 1.165) is 17.7 Å². The van der Waals surface area contributed by atoms with E-state index in [9.17, 15) is 29.3 Å². The molecule has 2 aromatic carbocycles. The molecule has 0 heterocycles. The maximum Gasteiger partial charge on any atom is 0.269 e. The van der Waals surface area contributed by atoms with Crippen molar-refractivity contribution in [3.63, 3.8) is 0 Å². The molecule has 0 saturated heterocycles. The Bertz CT molecular complexity index is 1120. The van der Waals surface area contributed by atoms with Gasteiger partial charge in [0.2, 0.25) is 0 Å². The molecule has 0 spiro atoms. The summed E-state index contributed by atoms with van der Waals surface area (Å²) in [4.78, 5) is 61.5. The summed E-state index contributed by atoms with van der Waals surface area (Å²) < 4.78 is 0. The van der Waals surface area contributed by atoms with E-state index in [2.05, 4.69) is 5.32 Å². The fourth-order valence-corrected chi connectivity index (χ4v) is 3.77. The van der Waals surface area contributed by atoms with Crippen LogP contribution in [0.5, 0.6) is 0 Å². The van der Waals surface area contributed by atoms with Crippen LogP contribution in [0, 0.1) is 28.9 Å². The van der Waals surface area contributed by atoms with E-state index in [1.54, 1.807) is 19.1 Å². The Hall–Kier alpha value is -3.94. The van der Waals surface area contributed by atoms with Crippen molar-refractivity contribution >= 4 is 34.5 Å². The quantitative estimate of drug-likeness (QED) is 0.186. The first kappa shape index (κ1) is 25.3. The van der Waals surface area contributed by atoms with Crippen LogP contribution in [0.15, 0.2) is 59.8 Å². The fraction of sp³-hybridized carbons (Fsp3) is 0.280. The van der Waals surface area contributed by atoms with Crippen LogP contribution in [0.1, 0.15) is 43.6 Å². The van der Waals surface area contributed by atoms with E-state index in [4.69, 9.17) is 0 Å². The van der Waals surface area contributed by atoms with Crippen molar-refractivity contribution in [2.24, 2.45) is 11.8 Å². The lowest BCUT2D eigenvalue weighted by molar-refractivity contribution is -0.384. The highest BCUT2D eigenvalue weighted by Crippen LogP contribution is 2.31. The second-order valence-electron chi connectivity index (χ2n) is 7.93. The van der Waals surface area contributed by atoms with Gasteiger partial charge in [0.05, 0.1) is 16.8 Å². The molecule has 33 heavy (non-hydrogen) atoms. The molecule has 0 aliphatic carbocycles. The van der Waals surface area contributed by atoms with Crippen molar-refractivity contribution in [3.8, 4) is 0 Å². The summed E-state index contributed by atoms with van der Waals surface area (Å²) in [6.45, 7) is 7.19. The minimum atomic E-state index is -1.38. The average molecular weight is 450 g/mol. The second-order valence-corrected chi connectivity index (χ2v) is 7.93. The third-order valence-electron chi connectivity index (χ3n) is 5.33. The molecule has 0 fully saturated rings. The van der Waals surface area contributed by atoms with Gasteiger partial charge in [0.25, 0.3) is 5.69 Å². The highest BCUT2D eigenvalue weighted by atomic mass is 16.6. The number of nitrogens with one attached hydrogen (secondary N) is 1.